The highest BCUT2D eigenvalue weighted by atomic mass is 79.9. The molecule has 0 atom stereocenters. The fraction of sp³-hybridized carbons (Fsp3) is 0.385. The predicted molar refractivity (Wildman–Crippen MR) is 78.3 cm³/mol. The average Bonchev–Trinajstić information content (AvgIpc) is 2.51. The molecule has 19 heavy (non-hydrogen) atoms. The van der Waals surface area contributed by atoms with Gasteiger partial charge in [-0.2, -0.15) is 0 Å². The fourth-order valence-electron chi connectivity index (χ4n) is 1.71. The predicted octanol–water partition coefficient (Wildman–Crippen LogP) is 3.68. The Balaban J connectivity index is 2.22. The van der Waals surface area contributed by atoms with Crippen LogP contribution in [0.2, 0.25) is 0 Å². The summed E-state index contributed by atoms with van der Waals surface area (Å²) in [5.41, 5.74) is 0.454. The Hall–Kier alpha value is -1.56. The lowest BCUT2D eigenvalue weighted by molar-refractivity contribution is 0.0635. The minimum absolute atomic E-state index is 0.468. The van der Waals surface area contributed by atoms with Crippen LogP contribution in [0.3, 0.4) is 0 Å². The number of hydrogen-bond acceptors (Lipinski definition) is 3. The van der Waals surface area contributed by atoms with Crippen molar-refractivity contribution < 1.29 is 9.53 Å². The van der Waals surface area contributed by atoms with Crippen LogP contribution in [0, 0.1) is 0 Å². The number of aryl methyl sites for hydroxylation is 1. The van der Waals surface area contributed by atoms with E-state index in [0.717, 1.165) is 15.4 Å². The summed E-state index contributed by atoms with van der Waals surface area (Å²) in [6.07, 6.45) is 3.16. The van der Waals surface area contributed by atoms with Gasteiger partial charge in [-0.3, -0.25) is 5.32 Å². The van der Waals surface area contributed by atoms with E-state index in [-0.39, 0.29) is 0 Å². The second-order valence-corrected chi connectivity index (χ2v) is 6.16. The second kappa shape index (κ2) is 4.85. The first-order valence-corrected chi connectivity index (χ1v) is 6.66. The van der Waals surface area contributed by atoms with Crippen LogP contribution in [0.15, 0.2) is 22.9 Å². The molecule has 0 saturated heterocycles. The van der Waals surface area contributed by atoms with E-state index < -0.39 is 11.7 Å². The summed E-state index contributed by atoms with van der Waals surface area (Å²) in [7, 11) is 1.93. The minimum Gasteiger partial charge on any atom is -0.444 e. The summed E-state index contributed by atoms with van der Waals surface area (Å²) in [5.74, 6) is 0.468. The van der Waals surface area contributed by atoms with Gasteiger partial charge in [-0.25, -0.2) is 9.78 Å². The number of rotatable bonds is 1. The number of hydrogen-bond donors (Lipinski definition) is 1. The number of ether oxygens (including phenoxy) is 1. The molecule has 2 aromatic rings. The fourth-order valence-corrected chi connectivity index (χ4v) is 2.32. The van der Waals surface area contributed by atoms with Gasteiger partial charge in [-0.15, -0.1) is 0 Å². The molecule has 5 nitrogen and oxygen atoms in total. The molecule has 2 rings (SSSR count). The van der Waals surface area contributed by atoms with Crippen LogP contribution in [-0.4, -0.2) is 21.2 Å². The standard InChI is InChI=1S/C13H16BrN3O2/c1-13(2,3)19-12(18)16-11-5-10-8(6-15-11)9(14)7-17(10)4/h5-7H,1-4H3,(H,15,16,18). The van der Waals surface area contributed by atoms with E-state index in [1.54, 1.807) is 6.20 Å². The van der Waals surface area contributed by atoms with Crippen molar-refractivity contribution in [2.45, 2.75) is 26.4 Å². The lowest BCUT2D eigenvalue weighted by atomic mass is 10.2. The molecule has 1 N–H and O–H groups in total. The number of amides is 1. The van der Waals surface area contributed by atoms with Gasteiger partial charge in [-0.05, 0) is 36.7 Å². The molecule has 0 radical (unpaired) electrons. The first kappa shape index (κ1) is 13.9. The Morgan fingerprint density at radius 1 is 1.47 bits per heavy atom. The summed E-state index contributed by atoms with van der Waals surface area (Å²) < 4.78 is 8.12. The zero-order valence-corrected chi connectivity index (χ0v) is 12.9. The number of pyridine rings is 1. The number of fused-ring (bicyclic) bond motifs is 1. The topological polar surface area (TPSA) is 56.2 Å². The van der Waals surface area contributed by atoms with Crippen molar-refractivity contribution in [1.29, 1.82) is 0 Å². The van der Waals surface area contributed by atoms with Crippen molar-refractivity contribution in [2.75, 3.05) is 5.32 Å². The van der Waals surface area contributed by atoms with Gasteiger partial charge in [0.15, 0.2) is 0 Å². The van der Waals surface area contributed by atoms with Gasteiger partial charge in [0.05, 0.1) is 5.52 Å². The smallest absolute Gasteiger partial charge is 0.413 e. The number of anilines is 1. The van der Waals surface area contributed by atoms with E-state index >= 15 is 0 Å². The van der Waals surface area contributed by atoms with Crippen molar-refractivity contribution >= 4 is 38.7 Å². The number of aromatic nitrogens is 2. The Morgan fingerprint density at radius 3 is 2.79 bits per heavy atom. The van der Waals surface area contributed by atoms with Gasteiger partial charge in [0.1, 0.15) is 11.4 Å². The third-order valence-corrected chi connectivity index (χ3v) is 3.09. The maximum atomic E-state index is 11.7. The average molecular weight is 326 g/mol. The van der Waals surface area contributed by atoms with Gasteiger partial charge >= 0.3 is 6.09 Å². The van der Waals surface area contributed by atoms with Crippen LogP contribution in [0.1, 0.15) is 20.8 Å². The van der Waals surface area contributed by atoms with E-state index in [0.29, 0.717) is 5.82 Å². The molecule has 0 spiro atoms. The Kier molecular flexibility index (Phi) is 3.54. The molecule has 0 aromatic carbocycles. The molecule has 102 valence electrons. The summed E-state index contributed by atoms with van der Waals surface area (Å²) in [6.45, 7) is 5.45. The molecule has 0 unspecified atom stereocenters. The zero-order valence-electron chi connectivity index (χ0n) is 11.3. The molecule has 0 aliphatic carbocycles. The third-order valence-electron chi connectivity index (χ3n) is 2.46. The summed E-state index contributed by atoms with van der Waals surface area (Å²) in [4.78, 5) is 15.9. The number of nitrogens with zero attached hydrogens (tertiary/aromatic N) is 2. The summed E-state index contributed by atoms with van der Waals surface area (Å²) in [6, 6.07) is 1.81. The second-order valence-electron chi connectivity index (χ2n) is 5.30. The van der Waals surface area contributed by atoms with E-state index in [1.807, 2.05) is 44.6 Å². The zero-order chi connectivity index (χ0) is 14.2. The Labute approximate surface area is 120 Å². The Bertz CT molecular complexity index is 629. The quantitative estimate of drug-likeness (QED) is 0.870. The first-order chi connectivity index (χ1) is 8.76. The minimum atomic E-state index is -0.526. The molecule has 2 aromatic heterocycles. The van der Waals surface area contributed by atoms with E-state index in [2.05, 4.69) is 26.2 Å². The molecular formula is C13H16BrN3O2. The molecule has 6 heteroatoms. The monoisotopic (exact) mass is 325 g/mol. The van der Waals surface area contributed by atoms with Crippen molar-refractivity contribution in [1.82, 2.24) is 9.55 Å². The van der Waals surface area contributed by atoms with Gasteiger partial charge in [0.25, 0.3) is 0 Å². The van der Waals surface area contributed by atoms with E-state index in [9.17, 15) is 4.79 Å². The molecule has 0 bridgehead atoms. The summed E-state index contributed by atoms with van der Waals surface area (Å²) >= 11 is 3.46. The number of halogens is 1. The normalized spacial score (nSPS) is 11.6. The molecule has 1 amide bonds. The van der Waals surface area contributed by atoms with E-state index in [4.69, 9.17) is 4.74 Å². The van der Waals surface area contributed by atoms with Crippen LogP contribution in [0.5, 0.6) is 0 Å². The van der Waals surface area contributed by atoms with Crippen LogP contribution in [-0.2, 0) is 11.8 Å². The lowest BCUT2D eigenvalue weighted by Gasteiger charge is -2.19. The maximum Gasteiger partial charge on any atom is 0.413 e. The van der Waals surface area contributed by atoms with Crippen LogP contribution in [0.25, 0.3) is 10.9 Å². The Morgan fingerprint density at radius 2 is 2.16 bits per heavy atom. The van der Waals surface area contributed by atoms with Gasteiger partial charge < -0.3 is 9.30 Å². The first-order valence-electron chi connectivity index (χ1n) is 5.87. The van der Waals surface area contributed by atoms with Gasteiger partial charge in [-0.1, -0.05) is 0 Å². The maximum absolute atomic E-state index is 11.7. The van der Waals surface area contributed by atoms with Crippen molar-refractivity contribution in [2.24, 2.45) is 7.05 Å². The van der Waals surface area contributed by atoms with Crippen molar-refractivity contribution in [3.63, 3.8) is 0 Å². The lowest BCUT2D eigenvalue weighted by Crippen LogP contribution is -2.27. The highest BCUT2D eigenvalue weighted by Crippen LogP contribution is 2.26. The number of carbonyl (C=O) groups excluding carboxylic acids is 1. The highest BCUT2D eigenvalue weighted by molar-refractivity contribution is 9.10. The largest absolute Gasteiger partial charge is 0.444 e. The molecule has 0 saturated carbocycles. The van der Waals surface area contributed by atoms with Crippen molar-refractivity contribution in [3.8, 4) is 0 Å². The van der Waals surface area contributed by atoms with Gasteiger partial charge in [0.2, 0.25) is 0 Å². The van der Waals surface area contributed by atoms with Crippen molar-refractivity contribution in [3.05, 3.63) is 22.9 Å². The molecule has 0 fully saturated rings. The highest BCUT2D eigenvalue weighted by Gasteiger charge is 2.17. The SMILES string of the molecule is Cn1cc(Br)c2cnc(NC(=O)OC(C)(C)C)cc21. The molecule has 0 aliphatic heterocycles. The van der Waals surface area contributed by atoms with Crippen LogP contribution < -0.4 is 5.32 Å². The van der Waals surface area contributed by atoms with Gasteiger partial charge in [0, 0.05) is 35.4 Å². The summed E-state index contributed by atoms with van der Waals surface area (Å²) in [5, 5.41) is 3.62. The number of nitrogens with one attached hydrogen (secondary N) is 1. The number of carbonyl (C=O) groups is 1. The molecule has 2 heterocycles. The van der Waals surface area contributed by atoms with Crippen LogP contribution >= 0.6 is 15.9 Å². The molecule has 0 aliphatic rings. The molecular weight excluding hydrogens is 310 g/mol. The third kappa shape index (κ3) is 3.26. The van der Waals surface area contributed by atoms with Crippen LogP contribution in [0.4, 0.5) is 10.6 Å². The van der Waals surface area contributed by atoms with E-state index in [1.165, 1.54) is 0 Å².